The van der Waals surface area contributed by atoms with Crippen molar-refractivity contribution in [1.29, 1.82) is 0 Å². The molecule has 4 rings (SSSR count). The number of fused-ring (bicyclic) bond motifs is 1. The summed E-state index contributed by atoms with van der Waals surface area (Å²) in [5, 5.41) is 4.07. The first-order valence-corrected chi connectivity index (χ1v) is 9.23. The quantitative estimate of drug-likeness (QED) is 0.703. The second-order valence-corrected chi connectivity index (χ2v) is 7.03. The molecule has 0 spiro atoms. The lowest BCUT2D eigenvalue weighted by Crippen LogP contribution is -2.41. The highest BCUT2D eigenvalue weighted by molar-refractivity contribution is 5.86. The number of nitrogens with one attached hydrogen (secondary N) is 1. The van der Waals surface area contributed by atoms with Gasteiger partial charge in [0.15, 0.2) is 0 Å². The molecule has 0 aliphatic carbocycles. The fraction of sp³-hybridized carbons (Fsp3) is 0.400. The lowest BCUT2D eigenvalue weighted by atomic mass is 10.1. The third-order valence-corrected chi connectivity index (χ3v) is 4.48. The maximum atomic E-state index is 13.3. The summed E-state index contributed by atoms with van der Waals surface area (Å²) in [6.07, 6.45) is 4.94. The molecule has 0 radical (unpaired) electrons. The van der Waals surface area contributed by atoms with Crippen LogP contribution in [0.2, 0.25) is 0 Å². The number of hydrogen-bond donors (Lipinski definition) is 1. The summed E-state index contributed by atoms with van der Waals surface area (Å²) in [6, 6.07) is 7.33. The smallest absolute Gasteiger partial charge is 0.262 e. The molecule has 0 unspecified atom stereocenters. The highest BCUT2D eigenvalue weighted by Crippen LogP contribution is 2.29. The topological polar surface area (TPSA) is 61.2 Å². The van der Waals surface area contributed by atoms with Gasteiger partial charge in [0.2, 0.25) is 5.88 Å². The molecule has 3 aromatic rings. The van der Waals surface area contributed by atoms with Crippen LogP contribution in [0.3, 0.4) is 0 Å². The average Bonchev–Trinajstić information content (AvgIpc) is 3.13. The Morgan fingerprint density at radius 3 is 3.07 bits per heavy atom. The van der Waals surface area contributed by atoms with Crippen LogP contribution in [0, 0.1) is 0 Å². The molecule has 1 aliphatic heterocycles. The maximum Gasteiger partial charge on any atom is 0.262 e. The van der Waals surface area contributed by atoms with Crippen LogP contribution in [0.4, 0.5) is 8.78 Å². The van der Waals surface area contributed by atoms with Gasteiger partial charge in [0.25, 0.3) is 5.92 Å². The molecule has 1 fully saturated rings. The summed E-state index contributed by atoms with van der Waals surface area (Å²) >= 11 is 0. The van der Waals surface area contributed by atoms with Gasteiger partial charge in [-0.15, -0.1) is 0 Å². The van der Waals surface area contributed by atoms with Gasteiger partial charge in [0.1, 0.15) is 12.7 Å². The van der Waals surface area contributed by atoms with Crippen molar-refractivity contribution in [3.8, 4) is 17.1 Å². The van der Waals surface area contributed by atoms with Crippen LogP contribution in [0.1, 0.15) is 6.92 Å². The molecule has 0 aromatic carbocycles. The third-order valence-electron chi connectivity index (χ3n) is 4.48. The van der Waals surface area contributed by atoms with Crippen LogP contribution in [-0.2, 0) is 11.3 Å². The molecule has 1 saturated heterocycles. The molecule has 0 saturated carbocycles. The third kappa shape index (κ3) is 4.45. The Morgan fingerprint density at radius 2 is 2.29 bits per heavy atom. The van der Waals surface area contributed by atoms with Gasteiger partial charge in [-0.3, -0.25) is 4.98 Å². The molecule has 3 aromatic heterocycles. The second-order valence-electron chi connectivity index (χ2n) is 7.03. The normalized spacial score (nSPS) is 17.8. The van der Waals surface area contributed by atoms with Gasteiger partial charge in [-0.05, 0) is 24.3 Å². The Balaban J connectivity index is 1.62. The predicted molar refractivity (Wildman–Crippen MR) is 102 cm³/mol. The summed E-state index contributed by atoms with van der Waals surface area (Å²) in [5.74, 6) is -2.32. The second kappa shape index (κ2) is 7.81. The largest absolute Gasteiger partial charge is 0.474 e. The summed E-state index contributed by atoms with van der Waals surface area (Å²) in [6.45, 7) is 3.11. The number of pyridine rings is 2. The molecule has 1 atom stereocenters. The van der Waals surface area contributed by atoms with Crippen molar-refractivity contribution in [3.05, 3.63) is 42.9 Å². The van der Waals surface area contributed by atoms with Crippen LogP contribution in [-0.4, -0.2) is 52.9 Å². The van der Waals surface area contributed by atoms with Crippen LogP contribution < -0.4 is 10.1 Å². The van der Waals surface area contributed by atoms with Crippen molar-refractivity contribution in [2.75, 3.05) is 26.3 Å². The molecule has 6 nitrogen and oxygen atoms in total. The molecular formula is C20H22F2N4O2. The number of nitrogens with zero attached hydrogens (tertiary/aromatic N) is 3. The molecule has 0 bridgehead atoms. The van der Waals surface area contributed by atoms with Crippen molar-refractivity contribution in [3.63, 3.8) is 0 Å². The number of alkyl halides is 2. The molecule has 8 heteroatoms. The van der Waals surface area contributed by atoms with Crippen molar-refractivity contribution < 1.29 is 18.3 Å². The zero-order valence-electron chi connectivity index (χ0n) is 15.6. The van der Waals surface area contributed by atoms with E-state index < -0.39 is 5.92 Å². The van der Waals surface area contributed by atoms with E-state index in [0.29, 0.717) is 24.8 Å². The number of hydrogen-bond acceptors (Lipinski definition) is 5. The Morgan fingerprint density at radius 1 is 1.39 bits per heavy atom. The summed E-state index contributed by atoms with van der Waals surface area (Å²) in [7, 11) is 0. The molecule has 1 N–H and O–H groups in total. The molecule has 0 amide bonds. The van der Waals surface area contributed by atoms with E-state index in [1.54, 1.807) is 24.7 Å². The van der Waals surface area contributed by atoms with E-state index in [9.17, 15) is 8.78 Å². The lowest BCUT2D eigenvalue weighted by Gasteiger charge is -2.23. The first-order valence-electron chi connectivity index (χ1n) is 9.23. The summed E-state index contributed by atoms with van der Waals surface area (Å²) in [5.41, 5.74) is 2.10. The lowest BCUT2D eigenvalue weighted by molar-refractivity contribution is -0.000367. The van der Waals surface area contributed by atoms with Crippen molar-refractivity contribution in [2.24, 2.45) is 0 Å². The van der Waals surface area contributed by atoms with Gasteiger partial charge in [0.05, 0.1) is 29.7 Å². The number of aromatic nitrogens is 3. The molecule has 148 valence electrons. The first-order chi connectivity index (χ1) is 13.5. The summed E-state index contributed by atoms with van der Waals surface area (Å²) < 4.78 is 39.7. The van der Waals surface area contributed by atoms with Crippen molar-refractivity contribution in [1.82, 2.24) is 19.9 Å². The van der Waals surface area contributed by atoms with E-state index in [0.717, 1.165) is 36.5 Å². The minimum Gasteiger partial charge on any atom is -0.474 e. The van der Waals surface area contributed by atoms with E-state index in [2.05, 4.69) is 15.3 Å². The van der Waals surface area contributed by atoms with Gasteiger partial charge in [0, 0.05) is 44.2 Å². The number of rotatable bonds is 6. The van der Waals surface area contributed by atoms with E-state index in [1.165, 1.54) is 4.57 Å². The Bertz CT molecular complexity index is 949. The first kappa shape index (κ1) is 18.8. The van der Waals surface area contributed by atoms with E-state index >= 15 is 0 Å². The standard InChI is InChI=1S/C20H22F2N4O2/c1-20(21,22)13-26-7-4-14(11-26)17-9-18-16(3-2-5-24-18)19(25-17)28-12-15-10-23-6-8-27-15/h2-5,7,9,11,15,23H,6,8,10,12-13H2,1H3/t15-/m0/s1. The monoisotopic (exact) mass is 388 g/mol. The number of ether oxygens (including phenoxy) is 2. The van der Waals surface area contributed by atoms with Gasteiger partial charge in [-0.1, -0.05) is 0 Å². The van der Waals surface area contributed by atoms with Gasteiger partial charge in [-0.2, -0.15) is 0 Å². The van der Waals surface area contributed by atoms with E-state index in [1.807, 2.05) is 18.2 Å². The highest BCUT2D eigenvalue weighted by Gasteiger charge is 2.22. The number of halogens is 2. The van der Waals surface area contributed by atoms with Crippen LogP contribution in [0.25, 0.3) is 22.2 Å². The van der Waals surface area contributed by atoms with Crippen molar-refractivity contribution in [2.45, 2.75) is 25.5 Å². The van der Waals surface area contributed by atoms with Crippen LogP contribution >= 0.6 is 0 Å². The van der Waals surface area contributed by atoms with Crippen molar-refractivity contribution >= 4 is 10.9 Å². The summed E-state index contributed by atoms with van der Waals surface area (Å²) in [4.78, 5) is 9.02. The Labute approximate surface area is 161 Å². The van der Waals surface area contributed by atoms with Gasteiger partial charge in [-0.25, -0.2) is 13.8 Å². The van der Waals surface area contributed by atoms with E-state index in [4.69, 9.17) is 9.47 Å². The zero-order chi connectivity index (χ0) is 19.6. The minimum absolute atomic E-state index is 0.0428. The Hall–Kier alpha value is -2.58. The van der Waals surface area contributed by atoms with Crippen LogP contribution in [0.5, 0.6) is 5.88 Å². The zero-order valence-corrected chi connectivity index (χ0v) is 15.6. The fourth-order valence-electron chi connectivity index (χ4n) is 3.21. The SMILES string of the molecule is CC(F)(F)Cn1ccc(-c2cc3ncccc3c(OC[C@@H]3CNCCO3)n2)c1. The predicted octanol–water partition coefficient (Wildman–Crippen LogP) is 3.12. The van der Waals surface area contributed by atoms with Gasteiger partial charge >= 0.3 is 0 Å². The minimum atomic E-state index is -2.78. The van der Waals surface area contributed by atoms with Gasteiger partial charge < -0.3 is 19.4 Å². The Kier molecular flexibility index (Phi) is 5.23. The molecule has 1 aliphatic rings. The van der Waals surface area contributed by atoms with Crippen LogP contribution in [0.15, 0.2) is 42.9 Å². The average molecular weight is 388 g/mol. The highest BCUT2D eigenvalue weighted by atomic mass is 19.3. The molecule has 28 heavy (non-hydrogen) atoms. The van der Waals surface area contributed by atoms with E-state index in [-0.39, 0.29) is 12.6 Å². The molecule has 4 heterocycles. The maximum absolute atomic E-state index is 13.3. The fourth-order valence-corrected chi connectivity index (χ4v) is 3.21. The number of morpholine rings is 1. The molecular weight excluding hydrogens is 366 g/mol.